The SMILES string of the molecule is Cc1cc(Br)cc(C)c1-n1cn[nH]c1=S. The molecule has 78 valence electrons. The Hall–Kier alpha value is -0.940. The molecule has 1 heterocycles. The first kappa shape index (κ1) is 10.6. The molecule has 0 radical (unpaired) electrons. The summed E-state index contributed by atoms with van der Waals surface area (Å²) in [6, 6.07) is 4.13. The highest BCUT2D eigenvalue weighted by molar-refractivity contribution is 9.10. The van der Waals surface area contributed by atoms with Crippen molar-refractivity contribution in [1.29, 1.82) is 0 Å². The lowest BCUT2D eigenvalue weighted by atomic mass is 10.1. The molecule has 0 amide bonds. The van der Waals surface area contributed by atoms with Crippen molar-refractivity contribution in [1.82, 2.24) is 14.8 Å². The molecule has 0 atom stereocenters. The number of halogens is 1. The van der Waals surface area contributed by atoms with E-state index in [0.717, 1.165) is 10.2 Å². The van der Waals surface area contributed by atoms with Crippen LogP contribution in [0.25, 0.3) is 5.69 Å². The van der Waals surface area contributed by atoms with Crippen LogP contribution in [-0.2, 0) is 0 Å². The monoisotopic (exact) mass is 283 g/mol. The zero-order chi connectivity index (χ0) is 11.0. The van der Waals surface area contributed by atoms with Gasteiger partial charge in [0.1, 0.15) is 6.33 Å². The number of nitrogens with zero attached hydrogens (tertiary/aromatic N) is 2. The smallest absolute Gasteiger partial charge is 0.199 e. The molecule has 0 saturated heterocycles. The third-order valence-electron chi connectivity index (χ3n) is 2.25. The third kappa shape index (κ3) is 1.89. The summed E-state index contributed by atoms with van der Waals surface area (Å²) in [5.74, 6) is 0. The van der Waals surface area contributed by atoms with Crippen LogP contribution < -0.4 is 0 Å². The van der Waals surface area contributed by atoms with Crippen molar-refractivity contribution < 1.29 is 0 Å². The summed E-state index contributed by atoms with van der Waals surface area (Å²) in [6.07, 6.45) is 1.70. The van der Waals surface area contributed by atoms with E-state index in [2.05, 4.69) is 52.1 Å². The van der Waals surface area contributed by atoms with Crippen LogP contribution in [0, 0.1) is 18.6 Å². The van der Waals surface area contributed by atoms with Crippen molar-refractivity contribution >= 4 is 28.1 Å². The lowest BCUT2D eigenvalue weighted by Crippen LogP contribution is -1.99. The van der Waals surface area contributed by atoms with E-state index < -0.39 is 0 Å². The van der Waals surface area contributed by atoms with E-state index in [9.17, 15) is 0 Å². The Bertz CT molecular complexity index is 533. The fraction of sp³-hybridized carbons (Fsp3) is 0.200. The maximum absolute atomic E-state index is 5.15. The van der Waals surface area contributed by atoms with Gasteiger partial charge in [0.15, 0.2) is 4.77 Å². The van der Waals surface area contributed by atoms with Gasteiger partial charge >= 0.3 is 0 Å². The number of nitrogens with one attached hydrogen (secondary N) is 1. The Morgan fingerprint density at radius 1 is 1.33 bits per heavy atom. The minimum atomic E-state index is 0.614. The van der Waals surface area contributed by atoms with Crippen LogP contribution in [0.5, 0.6) is 0 Å². The number of rotatable bonds is 1. The molecule has 0 unspecified atom stereocenters. The first-order chi connectivity index (χ1) is 7.09. The molecule has 0 aliphatic rings. The van der Waals surface area contributed by atoms with Crippen LogP contribution in [0.2, 0.25) is 0 Å². The van der Waals surface area contributed by atoms with Gasteiger partial charge < -0.3 is 0 Å². The van der Waals surface area contributed by atoms with Crippen LogP contribution >= 0.6 is 28.1 Å². The van der Waals surface area contributed by atoms with Gasteiger partial charge in [-0.3, -0.25) is 9.67 Å². The minimum Gasteiger partial charge on any atom is -0.274 e. The number of hydrogen-bond donors (Lipinski definition) is 1. The van der Waals surface area contributed by atoms with Gasteiger partial charge in [0.05, 0.1) is 5.69 Å². The van der Waals surface area contributed by atoms with Crippen molar-refractivity contribution in [3.63, 3.8) is 0 Å². The summed E-state index contributed by atoms with van der Waals surface area (Å²) in [5, 5.41) is 6.68. The van der Waals surface area contributed by atoms with E-state index in [1.165, 1.54) is 11.1 Å². The van der Waals surface area contributed by atoms with Gasteiger partial charge in [-0.15, -0.1) is 0 Å². The largest absolute Gasteiger partial charge is 0.274 e. The Labute approximate surface area is 101 Å². The van der Waals surface area contributed by atoms with Crippen LogP contribution in [0.15, 0.2) is 22.9 Å². The quantitative estimate of drug-likeness (QED) is 0.815. The molecule has 0 spiro atoms. The van der Waals surface area contributed by atoms with E-state index in [4.69, 9.17) is 12.2 Å². The van der Waals surface area contributed by atoms with Gasteiger partial charge in [0.2, 0.25) is 0 Å². The summed E-state index contributed by atoms with van der Waals surface area (Å²) < 4.78 is 3.58. The Balaban J connectivity index is 2.74. The van der Waals surface area contributed by atoms with E-state index >= 15 is 0 Å². The zero-order valence-corrected chi connectivity index (χ0v) is 10.8. The first-order valence-electron chi connectivity index (χ1n) is 4.49. The molecule has 3 nitrogen and oxygen atoms in total. The second-order valence-corrected chi connectivity index (χ2v) is 4.72. The fourth-order valence-corrected chi connectivity index (χ4v) is 2.57. The van der Waals surface area contributed by atoms with Crippen LogP contribution in [0.3, 0.4) is 0 Å². The maximum Gasteiger partial charge on any atom is 0.199 e. The van der Waals surface area contributed by atoms with Crippen LogP contribution in [-0.4, -0.2) is 14.8 Å². The van der Waals surface area contributed by atoms with E-state index in [0.29, 0.717) is 4.77 Å². The standard InChI is InChI=1S/C10H10BrN3S/c1-6-3-8(11)4-7(2)9(6)14-5-12-13-10(14)15/h3-5H,1-2H3,(H,13,15). The van der Waals surface area contributed by atoms with Gasteiger partial charge in [-0.25, -0.2) is 0 Å². The number of benzene rings is 1. The lowest BCUT2D eigenvalue weighted by molar-refractivity contribution is 1.00. The topological polar surface area (TPSA) is 33.6 Å². The molecule has 15 heavy (non-hydrogen) atoms. The van der Waals surface area contributed by atoms with Crippen LogP contribution in [0.4, 0.5) is 0 Å². The summed E-state index contributed by atoms with van der Waals surface area (Å²) in [6.45, 7) is 4.11. The summed E-state index contributed by atoms with van der Waals surface area (Å²) in [4.78, 5) is 0. The highest BCUT2D eigenvalue weighted by Crippen LogP contribution is 2.23. The van der Waals surface area contributed by atoms with Crippen molar-refractivity contribution in [2.75, 3.05) is 0 Å². The van der Waals surface area contributed by atoms with Gasteiger partial charge in [0, 0.05) is 4.47 Å². The average molecular weight is 284 g/mol. The molecule has 5 heteroatoms. The van der Waals surface area contributed by atoms with E-state index in [1.807, 2.05) is 4.57 Å². The molecule has 0 aliphatic heterocycles. The van der Waals surface area contributed by atoms with Crippen LogP contribution in [0.1, 0.15) is 11.1 Å². The first-order valence-corrected chi connectivity index (χ1v) is 5.69. The van der Waals surface area contributed by atoms with Crippen molar-refractivity contribution in [3.05, 3.63) is 38.8 Å². The Kier molecular flexibility index (Phi) is 2.75. The number of aromatic amines is 1. The molecule has 2 aromatic rings. The fourth-order valence-electron chi connectivity index (χ4n) is 1.69. The molecule has 1 aromatic carbocycles. The number of aryl methyl sites for hydroxylation is 2. The molecule has 0 saturated carbocycles. The van der Waals surface area contributed by atoms with Gasteiger partial charge in [0.25, 0.3) is 0 Å². The molecule has 0 fully saturated rings. The molecule has 0 bridgehead atoms. The average Bonchev–Trinajstić information content (AvgIpc) is 2.50. The third-order valence-corrected chi connectivity index (χ3v) is 2.99. The van der Waals surface area contributed by atoms with Crippen molar-refractivity contribution in [3.8, 4) is 5.69 Å². The van der Waals surface area contributed by atoms with Gasteiger partial charge in [-0.1, -0.05) is 15.9 Å². The van der Waals surface area contributed by atoms with Gasteiger partial charge in [-0.2, -0.15) is 5.10 Å². The predicted molar refractivity (Wildman–Crippen MR) is 65.9 cm³/mol. The molecule has 2 rings (SSSR count). The molecule has 0 aliphatic carbocycles. The highest BCUT2D eigenvalue weighted by Gasteiger charge is 2.07. The maximum atomic E-state index is 5.15. The van der Waals surface area contributed by atoms with E-state index in [1.54, 1.807) is 6.33 Å². The molecule has 1 aromatic heterocycles. The summed E-state index contributed by atoms with van der Waals surface area (Å²) in [7, 11) is 0. The zero-order valence-electron chi connectivity index (χ0n) is 8.41. The second kappa shape index (κ2) is 3.90. The van der Waals surface area contributed by atoms with Crippen molar-refractivity contribution in [2.24, 2.45) is 0 Å². The molecule has 1 N–H and O–H groups in total. The second-order valence-electron chi connectivity index (χ2n) is 3.42. The molecular formula is C10H10BrN3S. The van der Waals surface area contributed by atoms with E-state index in [-0.39, 0.29) is 0 Å². The number of hydrogen-bond acceptors (Lipinski definition) is 2. The summed E-state index contributed by atoms with van der Waals surface area (Å²) in [5.41, 5.74) is 3.43. The summed E-state index contributed by atoms with van der Waals surface area (Å²) >= 11 is 8.62. The normalized spacial score (nSPS) is 10.6. The van der Waals surface area contributed by atoms with Crippen molar-refractivity contribution in [2.45, 2.75) is 13.8 Å². The lowest BCUT2D eigenvalue weighted by Gasteiger charge is -2.10. The number of aromatic nitrogens is 3. The Morgan fingerprint density at radius 3 is 2.40 bits per heavy atom. The number of H-pyrrole nitrogens is 1. The predicted octanol–water partition coefficient (Wildman–Crippen LogP) is 3.31. The molecular weight excluding hydrogens is 274 g/mol. The Morgan fingerprint density at radius 2 is 1.93 bits per heavy atom. The minimum absolute atomic E-state index is 0.614. The van der Waals surface area contributed by atoms with Gasteiger partial charge in [-0.05, 0) is 49.3 Å². The highest BCUT2D eigenvalue weighted by atomic mass is 79.9.